The van der Waals surface area contributed by atoms with Crippen LogP contribution in [0.2, 0.25) is 0 Å². The van der Waals surface area contributed by atoms with Crippen LogP contribution in [0, 0.1) is 0 Å². The number of hydrogen-bond donors (Lipinski definition) is 2. The van der Waals surface area contributed by atoms with E-state index in [1.807, 2.05) is 6.92 Å². The van der Waals surface area contributed by atoms with Crippen molar-refractivity contribution in [3.8, 4) is 5.75 Å². The number of likely N-dealkylation sites (N-methyl/N-ethyl adjacent to an activating group) is 1. The molecule has 1 aromatic rings. The minimum absolute atomic E-state index is 0.309. The summed E-state index contributed by atoms with van der Waals surface area (Å²) in [4.78, 5) is 37.0. The fourth-order valence-corrected chi connectivity index (χ4v) is 2.35. The molecule has 0 spiro atoms. The Balaban J connectivity index is 2.18. The Morgan fingerprint density at radius 3 is 2.50 bits per heavy atom. The number of nitrogens with zero attached hydrogens (tertiary/aromatic N) is 1. The Kier molecular flexibility index (Phi) is 4.92. The van der Waals surface area contributed by atoms with Gasteiger partial charge in [0.05, 0.1) is 0 Å². The van der Waals surface area contributed by atoms with Crippen LogP contribution in [-0.2, 0) is 15.1 Å². The molecule has 0 bridgehead atoms. The fraction of sp³-hybridized carbons (Fsp3) is 0.353. The van der Waals surface area contributed by atoms with Crippen LogP contribution >= 0.6 is 0 Å². The lowest BCUT2D eigenvalue weighted by atomic mass is 9.92. The average molecular weight is 331 g/mol. The Morgan fingerprint density at radius 1 is 1.33 bits per heavy atom. The number of amides is 4. The monoisotopic (exact) mass is 331 g/mol. The highest BCUT2D eigenvalue weighted by atomic mass is 16.5. The van der Waals surface area contributed by atoms with Crippen molar-refractivity contribution in [1.82, 2.24) is 15.5 Å². The maximum absolute atomic E-state index is 12.6. The summed E-state index contributed by atoms with van der Waals surface area (Å²) in [5.41, 5.74) is 0.301. The summed E-state index contributed by atoms with van der Waals surface area (Å²) < 4.78 is 5.52. The molecule has 1 unspecified atom stereocenters. The fourth-order valence-electron chi connectivity index (χ4n) is 2.35. The number of ether oxygens (including phenoxy) is 1. The Labute approximate surface area is 140 Å². The maximum Gasteiger partial charge on any atom is 0.325 e. The summed E-state index contributed by atoms with van der Waals surface area (Å²) in [6.07, 6.45) is 0. The number of urea groups is 1. The van der Waals surface area contributed by atoms with Gasteiger partial charge in [0.25, 0.3) is 5.91 Å². The molecule has 2 rings (SSSR count). The molecule has 0 radical (unpaired) electrons. The van der Waals surface area contributed by atoms with Crippen molar-refractivity contribution in [2.24, 2.45) is 0 Å². The number of hydrogen-bond acceptors (Lipinski definition) is 4. The first-order valence-corrected chi connectivity index (χ1v) is 7.50. The third-order valence-corrected chi connectivity index (χ3v) is 3.77. The maximum atomic E-state index is 12.6. The van der Waals surface area contributed by atoms with Gasteiger partial charge >= 0.3 is 6.03 Å². The van der Waals surface area contributed by atoms with Crippen molar-refractivity contribution in [2.75, 3.05) is 20.2 Å². The van der Waals surface area contributed by atoms with E-state index in [1.54, 1.807) is 31.2 Å². The topological polar surface area (TPSA) is 87.7 Å². The Morgan fingerprint density at radius 2 is 1.96 bits per heavy atom. The summed E-state index contributed by atoms with van der Waals surface area (Å²) in [6.45, 7) is 7.34. The molecule has 7 heteroatoms. The first kappa shape index (κ1) is 17.5. The van der Waals surface area contributed by atoms with Crippen molar-refractivity contribution in [3.63, 3.8) is 0 Å². The molecule has 7 nitrogen and oxygen atoms in total. The number of nitrogens with one attached hydrogen (secondary N) is 2. The van der Waals surface area contributed by atoms with Gasteiger partial charge in [-0.3, -0.25) is 14.5 Å². The molecule has 1 saturated heterocycles. The van der Waals surface area contributed by atoms with Crippen molar-refractivity contribution in [2.45, 2.75) is 19.4 Å². The molecular weight excluding hydrogens is 310 g/mol. The van der Waals surface area contributed by atoms with Crippen LogP contribution in [-0.4, -0.2) is 42.9 Å². The van der Waals surface area contributed by atoms with E-state index in [9.17, 15) is 14.4 Å². The molecule has 0 aliphatic carbocycles. The molecule has 1 fully saturated rings. The standard InChI is InChI=1S/C17H21N3O4/c1-11(2)10-24-13-7-5-12(6-8-13)17(3)15(22)20(16(23)19-17)9-14(21)18-4/h5-8H,1,9-10H2,2-4H3,(H,18,21)(H,19,23). The molecule has 0 aromatic heterocycles. The first-order valence-electron chi connectivity index (χ1n) is 7.50. The van der Waals surface area contributed by atoms with Gasteiger partial charge in [0.15, 0.2) is 0 Å². The van der Waals surface area contributed by atoms with Crippen LogP contribution in [0.1, 0.15) is 19.4 Å². The number of carbonyl (C=O) groups is 3. The van der Waals surface area contributed by atoms with Crippen molar-refractivity contribution in [1.29, 1.82) is 0 Å². The van der Waals surface area contributed by atoms with Crippen LogP contribution in [0.25, 0.3) is 0 Å². The molecule has 1 aliphatic rings. The largest absolute Gasteiger partial charge is 0.489 e. The van der Waals surface area contributed by atoms with Gasteiger partial charge in [-0.15, -0.1) is 0 Å². The van der Waals surface area contributed by atoms with E-state index < -0.39 is 23.4 Å². The summed E-state index contributed by atoms with van der Waals surface area (Å²) in [5.74, 6) is -0.234. The molecular formula is C17H21N3O4. The summed E-state index contributed by atoms with van der Waals surface area (Å²) >= 11 is 0. The number of imide groups is 1. The van der Waals surface area contributed by atoms with Gasteiger partial charge in [-0.2, -0.15) is 0 Å². The predicted molar refractivity (Wildman–Crippen MR) is 88.4 cm³/mol. The van der Waals surface area contributed by atoms with Crippen LogP contribution in [0.15, 0.2) is 36.4 Å². The summed E-state index contributed by atoms with van der Waals surface area (Å²) in [5, 5.41) is 5.04. The SMILES string of the molecule is C=C(C)COc1ccc(C2(C)NC(=O)N(CC(=O)NC)C2=O)cc1. The van der Waals surface area contributed by atoms with E-state index in [-0.39, 0.29) is 6.54 Å². The highest BCUT2D eigenvalue weighted by molar-refractivity contribution is 6.09. The van der Waals surface area contributed by atoms with Crippen molar-refractivity contribution >= 4 is 17.8 Å². The predicted octanol–water partition coefficient (Wildman–Crippen LogP) is 1.15. The second kappa shape index (κ2) is 6.74. The van der Waals surface area contributed by atoms with E-state index in [0.717, 1.165) is 10.5 Å². The minimum atomic E-state index is -1.21. The van der Waals surface area contributed by atoms with Gasteiger partial charge in [-0.05, 0) is 37.1 Å². The molecule has 0 saturated carbocycles. The second-order valence-corrected chi connectivity index (χ2v) is 5.89. The van der Waals surface area contributed by atoms with Gasteiger partial charge in [-0.25, -0.2) is 4.79 Å². The smallest absolute Gasteiger partial charge is 0.325 e. The molecule has 1 aromatic carbocycles. The zero-order valence-corrected chi connectivity index (χ0v) is 14.0. The highest BCUT2D eigenvalue weighted by Gasteiger charge is 2.49. The number of rotatable bonds is 6. The summed E-state index contributed by atoms with van der Waals surface area (Å²) in [6, 6.07) is 6.30. The third-order valence-electron chi connectivity index (χ3n) is 3.77. The zero-order chi connectivity index (χ0) is 17.9. The van der Waals surface area contributed by atoms with E-state index >= 15 is 0 Å². The zero-order valence-electron chi connectivity index (χ0n) is 14.0. The molecule has 24 heavy (non-hydrogen) atoms. The summed E-state index contributed by atoms with van der Waals surface area (Å²) in [7, 11) is 1.45. The van der Waals surface area contributed by atoms with E-state index in [2.05, 4.69) is 17.2 Å². The average Bonchev–Trinajstić information content (AvgIpc) is 2.77. The van der Waals surface area contributed by atoms with Gasteiger partial charge in [0.1, 0.15) is 24.4 Å². The lowest BCUT2D eigenvalue weighted by molar-refractivity contribution is -0.134. The molecule has 1 heterocycles. The third kappa shape index (κ3) is 3.40. The van der Waals surface area contributed by atoms with Crippen LogP contribution in [0.3, 0.4) is 0 Å². The van der Waals surface area contributed by atoms with Gasteiger partial charge in [-0.1, -0.05) is 18.7 Å². The van der Waals surface area contributed by atoms with Crippen LogP contribution in [0.5, 0.6) is 5.75 Å². The van der Waals surface area contributed by atoms with Gasteiger partial charge in [0.2, 0.25) is 5.91 Å². The normalized spacial score (nSPS) is 19.9. The lowest BCUT2D eigenvalue weighted by Gasteiger charge is -2.22. The molecule has 128 valence electrons. The molecule has 1 atom stereocenters. The Bertz CT molecular complexity index is 684. The first-order chi connectivity index (χ1) is 11.3. The highest BCUT2D eigenvalue weighted by Crippen LogP contribution is 2.30. The van der Waals surface area contributed by atoms with E-state index in [1.165, 1.54) is 7.05 Å². The number of benzene rings is 1. The van der Waals surface area contributed by atoms with Crippen LogP contribution in [0.4, 0.5) is 4.79 Å². The van der Waals surface area contributed by atoms with E-state index in [4.69, 9.17) is 4.74 Å². The molecule has 1 aliphatic heterocycles. The van der Waals surface area contributed by atoms with Gasteiger partial charge in [0, 0.05) is 7.05 Å². The van der Waals surface area contributed by atoms with Crippen molar-refractivity contribution < 1.29 is 19.1 Å². The lowest BCUT2D eigenvalue weighted by Crippen LogP contribution is -2.42. The number of carbonyl (C=O) groups excluding carboxylic acids is 3. The molecule has 2 N–H and O–H groups in total. The second-order valence-electron chi connectivity index (χ2n) is 5.89. The Hall–Kier alpha value is -2.83. The van der Waals surface area contributed by atoms with E-state index in [0.29, 0.717) is 17.9 Å². The van der Waals surface area contributed by atoms with Gasteiger partial charge < -0.3 is 15.4 Å². The quantitative estimate of drug-likeness (QED) is 0.605. The van der Waals surface area contributed by atoms with Crippen molar-refractivity contribution in [3.05, 3.63) is 42.0 Å². The minimum Gasteiger partial charge on any atom is -0.489 e. The van der Waals surface area contributed by atoms with Crippen LogP contribution < -0.4 is 15.4 Å². The molecule has 4 amide bonds.